The van der Waals surface area contributed by atoms with E-state index in [1.165, 1.54) is 71.7 Å². The molecule has 9 rings (SSSR count). The first-order valence-electron chi connectivity index (χ1n) is 21.6. The molecule has 7 aliphatic rings. The molecule has 0 heteroatoms. The molecule has 0 saturated heterocycles. The number of hydrogen-bond acceptors (Lipinski definition) is 0. The van der Waals surface area contributed by atoms with Gasteiger partial charge >= 0.3 is 0 Å². The van der Waals surface area contributed by atoms with E-state index in [1.807, 2.05) is 0 Å². The predicted molar refractivity (Wildman–Crippen MR) is 240 cm³/mol. The van der Waals surface area contributed by atoms with E-state index < -0.39 is 0 Å². The van der Waals surface area contributed by atoms with E-state index in [0.717, 1.165) is 51.4 Å². The number of fused-ring (bicyclic) bond motifs is 4. The molecule has 2 aromatic rings. The van der Waals surface area contributed by atoms with Gasteiger partial charge in [-0.3, -0.25) is 0 Å². The minimum absolute atomic E-state index is 0.0157. The van der Waals surface area contributed by atoms with Crippen LogP contribution in [-0.4, -0.2) is 0 Å². The average molecular weight is 731 g/mol. The standard InChI is InChI=1S/C56H58/c1-6-7-24-42(43-25-11-12-27-46(43)53(37(2)3)38-20-9-8-10-21-38)39-22-19-23-40(35-39)54-47-28-13-15-30-49(47)55(50-31-16-14-29-48(50)54)41-33-34-45-44-26-17-18-32-51(44)56(4,5)52(45)36-41/h6-7,9,12-18,20-22,24,26-32,35-37,47,49,53H,8,10-11,19,23,25,33-34H2,1-5H3. The van der Waals surface area contributed by atoms with Crippen LogP contribution in [0, 0.1) is 23.7 Å². The first kappa shape index (κ1) is 36.7. The van der Waals surface area contributed by atoms with Crippen molar-refractivity contribution in [1.82, 2.24) is 0 Å². The van der Waals surface area contributed by atoms with Crippen molar-refractivity contribution >= 4 is 16.7 Å². The molecule has 0 amide bonds. The van der Waals surface area contributed by atoms with Gasteiger partial charge in [0.15, 0.2) is 0 Å². The molecule has 0 saturated carbocycles. The Morgan fingerprint density at radius 3 is 2.16 bits per heavy atom. The summed E-state index contributed by atoms with van der Waals surface area (Å²) in [6, 6.07) is 18.5. The summed E-state index contributed by atoms with van der Waals surface area (Å²) < 4.78 is 0. The zero-order valence-electron chi connectivity index (χ0n) is 34.2. The highest BCUT2D eigenvalue weighted by Gasteiger charge is 2.40. The van der Waals surface area contributed by atoms with E-state index in [4.69, 9.17) is 0 Å². The highest BCUT2D eigenvalue weighted by atomic mass is 14.4. The molecule has 56 heavy (non-hydrogen) atoms. The molecule has 0 fully saturated rings. The van der Waals surface area contributed by atoms with Crippen LogP contribution in [0.1, 0.15) is 97.1 Å². The van der Waals surface area contributed by atoms with Crippen molar-refractivity contribution in [1.29, 1.82) is 0 Å². The van der Waals surface area contributed by atoms with E-state index in [0.29, 0.717) is 23.7 Å². The maximum Gasteiger partial charge on any atom is 0.0155 e. The van der Waals surface area contributed by atoms with Gasteiger partial charge in [-0.15, -0.1) is 0 Å². The lowest BCUT2D eigenvalue weighted by Crippen LogP contribution is -2.41. The number of hydrogen-bond donors (Lipinski definition) is 0. The Hall–Kier alpha value is -4.94. The number of allylic oxidation sites excluding steroid dienone is 24. The van der Waals surface area contributed by atoms with Gasteiger partial charge < -0.3 is 0 Å². The highest BCUT2D eigenvalue weighted by molar-refractivity contribution is 5.88. The lowest BCUT2D eigenvalue weighted by atomic mass is 9.67. The van der Waals surface area contributed by atoms with Gasteiger partial charge in [0.2, 0.25) is 0 Å². The van der Waals surface area contributed by atoms with Gasteiger partial charge in [-0.2, -0.15) is 0 Å². The maximum atomic E-state index is 2.62. The summed E-state index contributed by atoms with van der Waals surface area (Å²) in [6.45, 7) is 11.8. The van der Waals surface area contributed by atoms with E-state index in [-0.39, 0.29) is 5.41 Å². The Balaban J connectivity index is 1.20. The molecule has 0 N–H and O–H groups in total. The summed E-state index contributed by atoms with van der Waals surface area (Å²) in [6.07, 6.45) is 45.3. The van der Waals surface area contributed by atoms with Gasteiger partial charge in [0, 0.05) is 23.2 Å². The summed E-state index contributed by atoms with van der Waals surface area (Å²) in [7, 11) is 0. The highest BCUT2D eigenvalue weighted by Crippen LogP contribution is 2.53. The van der Waals surface area contributed by atoms with Crippen molar-refractivity contribution < 1.29 is 0 Å². The minimum Gasteiger partial charge on any atom is -0.0876 e. The largest absolute Gasteiger partial charge is 0.0876 e. The molecule has 0 radical (unpaired) electrons. The predicted octanol–water partition coefficient (Wildman–Crippen LogP) is 13.2. The van der Waals surface area contributed by atoms with Gasteiger partial charge in [-0.1, -0.05) is 167 Å². The topological polar surface area (TPSA) is 0 Å². The third-order valence-electron chi connectivity index (χ3n) is 13.7. The molecular weight excluding hydrogens is 673 g/mol. The van der Waals surface area contributed by atoms with Crippen LogP contribution in [0.5, 0.6) is 0 Å². The van der Waals surface area contributed by atoms with E-state index in [9.17, 15) is 0 Å². The Morgan fingerprint density at radius 1 is 0.732 bits per heavy atom. The molecule has 0 spiro atoms. The van der Waals surface area contributed by atoms with Gasteiger partial charge in [-0.05, 0) is 147 Å². The maximum absolute atomic E-state index is 2.62. The summed E-state index contributed by atoms with van der Waals surface area (Å²) >= 11 is 0. The molecule has 3 unspecified atom stereocenters. The second-order valence-electron chi connectivity index (χ2n) is 17.7. The molecule has 0 heterocycles. The average Bonchev–Trinajstić information content (AvgIpc) is 3.46. The molecule has 0 nitrogen and oxygen atoms in total. The summed E-state index contributed by atoms with van der Waals surface area (Å²) in [5.41, 5.74) is 19.5. The molecule has 3 atom stereocenters. The Labute approximate surface area is 336 Å². The zero-order chi connectivity index (χ0) is 38.4. The SMILES string of the molecule is CC=CC=C(C1=CCCC(C2=c3ccccc3=C(C3=CC4=C(CC3)c3ccccc3C4(C)C)C3C=CC=CC23)=C1)C1=C(C(C2=CCCC=C2)C(C)C)C=CCC1. The molecule has 0 bridgehead atoms. The van der Waals surface area contributed by atoms with Crippen LogP contribution in [0.25, 0.3) is 16.7 Å². The second-order valence-corrected chi connectivity index (χ2v) is 17.7. The smallest absolute Gasteiger partial charge is 0.0155 e. The van der Waals surface area contributed by atoms with Gasteiger partial charge in [0.1, 0.15) is 0 Å². The molecule has 7 aliphatic carbocycles. The molecule has 282 valence electrons. The van der Waals surface area contributed by atoms with Gasteiger partial charge in [-0.25, -0.2) is 0 Å². The van der Waals surface area contributed by atoms with E-state index in [1.54, 1.807) is 11.1 Å². The van der Waals surface area contributed by atoms with Crippen LogP contribution in [0.4, 0.5) is 0 Å². The fourth-order valence-corrected chi connectivity index (χ4v) is 11.2. The third kappa shape index (κ3) is 6.31. The van der Waals surface area contributed by atoms with Crippen molar-refractivity contribution in [2.24, 2.45) is 23.7 Å². The first-order valence-corrected chi connectivity index (χ1v) is 21.6. The lowest BCUT2D eigenvalue weighted by Gasteiger charge is -2.37. The van der Waals surface area contributed by atoms with Crippen LogP contribution in [0.15, 0.2) is 184 Å². The van der Waals surface area contributed by atoms with Crippen molar-refractivity contribution in [2.75, 3.05) is 0 Å². The van der Waals surface area contributed by atoms with Crippen LogP contribution in [-0.2, 0) is 5.41 Å². The van der Waals surface area contributed by atoms with Gasteiger partial charge in [0.05, 0.1) is 0 Å². The lowest BCUT2D eigenvalue weighted by molar-refractivity contribution is 0.509. The fourth-order valence-electron chi connectivity index (χ4n) is 11.2. The summed E-state index contributed by atoms with van der Waals surface area (Å²) in [5.74, 6) is 1.55. The van der Waals surface area contributed by atoms with Crippen LogP contribution in [0.2, 0.25) is 0 Å². The molecule has 2 aromatic carbocycles. The van der Waals surface area contributed by atoms with Crippen molar-refractivity contribution in [3.8, 4) is 0 Å². The fraction of sp³-hybridized carbons (Fsp3) is 0.321. The minimum atomic E-state index is 0.0157. The zero-order valence-corrected chi connectivity index (χ0v) is 34.2. The van der Waals surface area contributed by atoms with Crippen LogP contribution >= 0.6 is 0 Å². The van der Waals surface area contributed by atoms with Crippen molar-refractivity contribution in [2.45, 2.75) is 91.4 Å². The van der Waals surface area contributed by atoms with E-state index in [2.05, 4.69) is 174 Å². The number of benzene rings is 2. The Bertz CT molecular complexity index is 2470. The normalized spacial score (nSPS) is 24.5. The Kier molecular flexibility index (Phi) is 9.95. The third-order valence-corrected chi connectivity index (χ3v) is 13.7. The molecular formula is C56H58. The quantitative estimate of drug-likeness (QED) is 0.237. The van der Waals surface area contributed by atoms with Crippen LogP contribution < -0.4 is 10.4 Å². The van der Waals surface area contributed by atoms with Crippen LogP contribution in [0.3, 0.4) is 0 Å². The monoisotopic (exact) mass is 730 g/mol. The molecule has 0 aromatic heterocycles. The van der Waals surface area contributed by atoms with E-state index >= 15 is 0 Å². The first-order chi connectivity index (χ1) is 27.4. The number of rotatable bonds is 8. The summed E-state index contributed by atoms with van der Waals surface area (Å²) in [5, 5.41) is 2.87. The van der Waals surface area contributed by atoms with Crippen molar-refractivity contribution in [3.05, 3.63) is 206 Å². The van der Waals surface area contributed by atoms with Crippen molar-refractivity contribution in [3.63, 3.8) is 0 Å². The molecule has 0 aliphatic heterocycles. The van der Waals surface area contributed by atoms with Gasteiger partial charge in [0.25, 0.3) is 0 Å². The second kappa shape index (κ2) is 15.2. The summed E-state index contributed by atoms with van der Waals surface area (Å²) in [4.78, 5) is 0. The Morgan fingerprint density at radius 2 is 1.45 bits per heavy atom.